The highest BCUT2D eigenvalue weighted by atomic mass is 32.2. The summed E-state index contributed by atoms with van der Waals surface area (Å²) in [6.07, 6.45) is 0. The molecule has 0 aromatic heterocycles. The zero-order valence-corrected chi connectivity index (χ0v) is 11.3. The number of nitro benzene ring substituents is 1. The first-order chi connectivity index (χ1) is 9.06. The summed E-state index contributed by atoms with van der Waals surface area (Å²) < 4.78 is 0. The summed E-state index contributed by atoms with van der Waals surface area (Å²) >= 11 is 1.63. The van der Waals surface area contributed by atoms with Crippen molar-refractivity contribution in [2.75, 3.05) is 6.54 Å². The Bertz CT molecular complexity index is 478. The molecule has 1 aromatic rings. The van der Waals surface area contributed by atoms with Crippen LogP contribution in [0.3, 0.4) is 0 Å². The lowest BCUT2D eigenvalue weighted by atomic mass is 10.1. The monoisotopic (exact) mass is 281 g/mol. The lowest BCUT2D eigenvalue weighted by Crippen LogP contribution is -2.52. The third kappa shape index (κ3) is 3.60. The van der Waals surface area contributed by atoms with Crippen LogP contribution >= 0.6 is 11.8 Å². The van der Waals surface area contributed by atoms with Gasteiger partial charge in [-0.15, -0.1) is 11.8 Å². The number of hydrogen-bond acceptors (Lipinski definition) is 4. The van der Waals surface area contributed by atoms with Crippen molar-refractivity contribution in [2.45, 2.75) is 18.1 Å². The van der Waals surface area contributed by atoms with Gasteiger partial charge in [0.2, 0.25) is 0 Å². The first-order valence-corrected chi connectivity index (χ1v) is 7.00. The zero-order valence-electron chi connectivity index (χ0n) is 10.5. The van der Waals surface area contributed by atoms with Crippen molar-refractivity contribution in [3.05, 3.63) is 39.9 Å². The number of benzene rings is 1. The molecule has 2 unspecified atom stereocenters. The van der Waals surface area contributed by atoms with Gasteiger partial charge >= 0.3 is 6.03 Å². The predicted molar refractivity (Wildman–Crippen MR) is 73.9 cm³/mol. The van der Waals surface area contributed by atoms with Gasteiger partial charge in [0.15, 0.2) is 0 Å². The Morgan fingerprint density at radius 3 is 2.74 bits per heavy atom. The molecule has 1 aliphatic heterocycles. The van der Waals surface area contributed by atoms with Gasteiger partial charge in [0.25, 0.3) is 5.69 Å². The Kier molecular flexibility index (Phi) is 4.26. The van der Waals surface area contributed by atoms with Crippen molar-refractivity contribution in [3.8, 4) is 0 Å². The summed E-state index contributed by atoms with van der Waals surface area (Å²) in [5.41, 5.74) is 1.10. The van der Waals surface area contributed by atoms with Crippen molar-refractivity contribution < 1.29 is 9.72 Å². The van der Waals surface area contributed by atoms with E-state index < -0.39 is 4.92 Å². The van der Waals surface area contributed by atoms with Gasteiger partial charge in [-0.25, -0.2) is 4.79 Å². The molecule has 0 bridgehead atoms. The van der Waals surface area contributed by atoms with Gasteiger partial charge in [0.05, 0.1) is 10.3 Å². The molecule has 7 heteroatoms. The number of rotatable bonds is 4. The average Bonchev–Trinajstić information content (AvgIpc) is 2.40. The van der Waals surface area contributed by atoms with Crippen molar-refractivity contribution in [3.63, 3.8) is 0 Å². The maximum atomic E-state index is 11.2. The summed E-state index contributed by atoms with van der Waals surface area (Å²) in [4.78, 5) is 21.4. The summed E-state index contributed by atoms with van der Waals surface area (Å²) in [6, 6.07) is 6.36. The second kappa shape index (κ2) is 5.92. The zero-order chi connectivity index (χ0) is 13.8. The maximum Gasteiger partial charge on any atom is 0.315 e. The van der Waals surface area contributed by atoms with Crippen molar-refractivity contribution in [1.82, 2.24) is 10.6 Å². The number of carbonyl (C=O) groups excluding carboxylic acids is 1. The second-order valence-electron chi connectivity index (χ2n) is 4.49. The van der Waals surface area contributed by atoms with Crippen molar-refractivity contribution >= 4 is 23.5 Å². The standard InChI is InChI=1S/C12H15N3O3S/c1-8-6-13-12(16)14-11(8)19-7-9-2-4-10(5-3-9)15(17)18/h2-5,8,11H,6-7H2,1H3,(H2,13,14,16). The van der Waals surface area contributed by atoms with Gasteiger partial charge in [0.1, 0.15) is 0 Å². The van der Waals surface area contributed by atoms with Gasteiger partial charge in [-0.2, -0.15) is 0 Å². The van der Waals surface area contributed by atoms with Crippen LogP contribution < -0.4 is 10.6 Å². The molecule has 0 aliphatic carbocycles. The van der Waals surface area contributed by atoms with E-state index in [9.17, 15) is 14.9 Å². The normalized spacial score (nSPS) is 22.5. The van der Waals surface area contributed by atoms with Gasteiger partial charge in [0, 0.05) is 30.3 Å². The number of nitrogens with one attached hydrogen (secondary N) is 2. The molecule has 102 valence electrons. The molecule has 0 radical (unpaired) electrons. The fraction of sp³-hybridized carbons (Fsp3) is 0.417. The molecule has 1 aromatic carbocycles. The number of amides is 2. The van der Waals surface area contributed by atoms with Gasteiger partial charge in [-0.05, 0) is 5.56 Å². The van der Waals surface area contributed by atoms with Gasteiger partial charge in [-0.1, -0.05) is 19.1 Å². The van der Waals surface area contributed by atoms with E-state index >= 15 is 0 Å². The lowest BCUT2D eigenvalue weighted by Gasteiger charge is -2.29. The molecule has 2 rings (SSSR count). The fourth-order valence-electron chi connectivity index (χ4n) is 1.79. The van der Waals surface area contributed by atoms with E-state index in [1.807, 2.05) is 0 Å². The summed E-state index contributed by atoms with van der Waals surface area (Å²) in [5, 5.41) is 16.2. The van der Waals surface area contributed by atoms with Crippen molar-refractivity contribution in [1.29, 1.82) is 0 Å². The Balaban J connectivity index is 1.91. The van der Waals surface area contributed by atoms with Crippen LogP contribution in [-0.2, 0) is 5.75 Å². The lowest BCUT2D eigenvalue weighted by molar-refractivity contribution is -0.384. The van der Waals surface area contributed by atoms with E-state index in [-0.39, 0.29) is 17.1 Å². The van der Waals surface area contributed by atoms with Crippen LogP contribution in [-0.4, -0.2) is 22.9 Å². The molecule has 2 atom stereocenters. The van der Waals surface area contributed by atoms with Crippen LogP contribution in [0.25, 0.3) is 0 Å². The minimum Gasteiger partial charge on any atom is -0.338 e. The van der Waals surface area contributed by atoms with Crippen LogP contribution in [0, 0.1) is 16.0 Å². The summed E-state index contributed by atoms with van der Waals surface area (Å²) in [6.45, 7) is 2.74. The van der Waals surface area contributed by atoms with Crippen LogP contribution in [0.5, 0.6) is 0 Å². The van der Waals surface area contributed by atoms with E-state index in [4.69, 9.17) is 0 Å². The van der Waals surface area contributed by atoms with E-state index in [0.717, 1.165) is 5.56 Å². The molecule has 1 heterocycles. The van der Waals surface area contributed by atoms with Crippen molar-refractivity contribution in [2.24, 2.45) is 5.92 Å². The molecule has 6 nitrogen and oxygen atoms in total. The first kappa shape index (κ1) is 13.7. The molecular formula is C12H15N3O3S. The molecule has 2 amide bonds. The Hall–Kier alpha value is -1.76. The van der Waals surface area contributed by atoms with Crippen LogP contribution in [0.2, 0.25) is 0 Å². The highest BCUT2D eigenvalue weighted by molar-refractivity contribution is 7.99. The third-order valence-electron chi connectivity index (χ3n) is 2.95. The Morgan fingerprint density at radius 1 is 1.42 bits per heavy atom. The third-order valence-corrected chi connectivity index (χ3v) is 4.39. The number of carbonyl (C=O) groups is 1. The second-order valence-corrected chi connectivity index (χ2v) is 5.62. The number of hydrogen-bond donors (Lipinski definition) is 2. The maximum absolute atomic E-state index is 11.2. The van der Waals surface area contributed by atoms with Crippen LogP contribution in [0.4, 0.5) is 10.5 Å². The molecular weight excluding hydrogens is 266 g/mol. The largest absolute Gasteiger partial charge is 0.338 e. The van der Waals surface area contributed by atoms with Crippen LogP contribution in [0.15, 0.2) is 24.3 Å². The Morgan fingerprint density at radius 2 is 2.11 bits per heavy atom. The topological polar surface area (TPSA) is 84.3 Å². The fourth-order valence-corrected chi connectivity index (χ4v) is 2.97. The summed E-state index contributed by atoms with van der Waals surface area (Å²) in [7, 11) is 0. The molecule has 0 saturated carbocycles. The Labute approximate surface area is 115 Å². The number of non-ortho nitro benzene ring substituents is 1. The minimum absolute atomic E-state index is 0.0731. The molecule has 1 fully saturated rings. The van der Waals surface area contributed by atoms with E-state index in [1.165, 1.54) is 12.1 Å². The van der Waals surface area contributed by atoms with Gasteiger partial charge < -0.3 is 10.6 Å². The molecule has 19 heavy (non-hydrogen) atoms. The smallest absolute Gasteiger partial charge is 0.315 e. The minimum atomic E-state index is -0.411. The number of nitro groups is 1. The quantitative estimate of drug-likeness (QED) is 0.654. The average molecular weight is 281 g/mol. The SMILES string of the molecule is CC1CNC(=O)NC1SCc1ccc([N+](=O)[O-])cc1. The summed E-state index contributed by atoms with van der Waals surface area (Å²) in [5.74, 6) is 1.06. The predicted octanol–water partition coefficient (Wildman–Crippen LogP) is 2.10. The molecule has 1 aliphatic rings. The van der Waals surface area contributed by atoms with E-state index in [2.05, 4.69) is 17.6 Å². The first-order valence-electron chi connectivity index (χ1n) is 5.95. The number of nitrogens with zero attached hydrogens (tertiary/aromatic N) is 1. The molecule has 0 spiro atoms. The highest BCUT2D eigenvalue weighted by Gasteiger charge is 2.24. The number of urea groups is 1. The van der Waals surface area contributed by atoms with Crippen LogP contribution in [0.1, 0.15) is 12.5 Å². The van der Waals surface area contributed by atoms with E-state index in [0.29, 0.717) is 18.2 Å². The highest BCUT2D eigenvalue weighted by Crippen LogP contribution is 2.24. The van der Waals surface area contributed by atoms with Gasteiger partial charge in [-0.3, -0.25) is 10.1 Å². The van der Waals surface area contributed by atoms with E-state index in [1.54, 1.807) is 23.9 Å². The molecule has 1 saturated heterocycles. The molecule has 2 N–H and O–H groups in total. The number of thioether (sulfide) groups is 1.